The zero-order chi connectivity index (χ0) is 11.8. The monoisotopic (exact) mass is 300 g/mol. The summed E-state index contributed by atoms with van der Waals surface area (Å²) in [5.41, 5.74) is 2.43. The molecule has 0 aliphatic heterocycles. The maximum atomic E-state index is 11.3. The first-order valence-corrected chi connectivity index (χ1v) is 7.85. The van der Waals surface area contributed by atoms with Gasteiger partial charge in [-0.3, -0.25) is 0 Å². The molecule has 0 radical (unpaired) electrons. The zero-order valence-corrected chi connectivity index (χ0v) is 11.4. The van der Waals surface area contributed by atoms with Crippen LogP contribution in [0.1, 0.15) is 24.8 Å². The van der Waals surface area contributed by atoms with E-state index in [0.29, 0.717) is 4.90 Å². The van der Waals surface area contributed by atoms with E-state index in [1.807, 2.05) is 12.1 Å². The molecule has 1 aromatic carbocycles. The first-order valence-electron chi connectivity index (χ1n) is 5.16. The first kappa shape index (κ1) is 11.9. The Kier molecular flexibility index (Phi) is 3.22. The highest BCUT2D eigenvalue weighted by Gasteiger charge is 2.14. The summed E-state index contributed by atoms with van der Waals surface area (Å²) in [5.74, 6) is 0. The molecule has 1 aromatic rings. The predicted molar refractivity (Wildman–Crippen MR) is 69.2 cm³/mol. The smallest absolute Gasteiger partial charge is 0.175 e. The lowest BCUT2D eigenvalue weighted by Crippen LogP contribution is -1.96. The summed E-state index contributed by atoms with van der Waals surface area (Å²) in [6.45, 7) is 0. The number of sulfone groups is 1. The average Bonchev–Trinajstić information content (AvgIpc) is 2.63. The summed E-state index contributed by atoms with van der Waals surface area (Å²) in [4.78, 5) is 0.381. The lowest BCUT2D eigenvalue weighted by molar-refractivity contribution is 0.602. The van der Waals surface area contributed by atoms with Crippen LogP contribution in [0.2, 0.25) is 0 Å². The standard InChI is InChI=1S/C12H13BrO2S/c1-16(14,15)10-7-5-9(6-8-10)11-3-2-4-12(11)13/h5-8H,2-4H2,1H3. The summed E-state index contributed by atoms with van der Waals surface area (Å²) >= 11 is 3.56. The van der Waals surface area contributed by atoms with Gasteiger partial charge < -0.3 is 0 Å². The van der Waals surface area contributed by atoms with Crippen LogP contribution in [0.15, 0.2) is 33.6 Å². The SMILES string of the molecule is CS(=O)(=O)c1ccc(C2=C(Br)CCC2)cc1. The van der Waals surface area contributed by atoms with Crippen molar-refractivity contribution in [3.8, 4) is 0 Å². The lowest BCUT2D eigenvalue weighted by atomic mass is 10.1. The van der Waals surface area contributed by atoms with Gasteiger partial charge in [-0.05, 0) is 47.0 Å². The molecule has 1 aliphatic carbocycles. The van der Waals surface area contributed by atoms with Crippen LogP contribution in [-0.2, 0) is 9.84 Å². The highest BCUT2D eigenvalue weighted by molar-refractivity contribution is 9.11. The van der Waals surface area contributed by atoms with Gasteiger partial charge in [0.25, 0.3) is 0 Å². The van der Waals surface area contributed by atoms with Crippen LogP contribution >= 0.6 is 15.9 Å². The Labute approximate surface area is 104 Å². The maximum absolute atomic E-state index is 11.3. The molecular weight excluding hydrogens is 288 g/mol. The molecule has 0 N–H and O–H groups in total. The Balaban J connectivity index is 2.37. The Morgan fingerprint density at radius 3 is 2.19 bits per heavy atom. The van der Waals surface area contributed by atoms with Crippen molar-refractivity contribution in [2.24, 2.45) is 0 Å². The van der Waals surface area contributed by atoms with Gasteiger partial charge in [0.15, 0.2) is 9.84 Å². The van der Waals surface area contributed by atoms with Crippen molar-refractivity contribution in [1.82, 2.24) is 0 Å². The molecule has 16 heavy (non-hydrogen) atoms. The van der Waals surface area contributed by atoms with E-state index in [1.165, 1.54) is 22.7 Å². The minimum atomic E-state index is -3.08. The Morgan fingerprint density at radius 1 is 1.12 bits per heavy atom. The van der Waals surface area contributed by atoms with Crippen LogP contribution in [0.25, 0.3) is 5.57 Å². The van der Waals surface area contributed by atoms with Crippen molar-refractivity contribution in [3.05, 3.63) is 34.3 Å². The quantitative estimate of drug-likeness (QED) is 0.839. The van der Waals surface area contributed by atoms with Gasteiger partial charge in [-0.15, -0.1) is 0 Å². The minimum absolute atomic E-state index is 0.381. The molecule has 0 aromatic heterocycles. The Bertz CT molecular complexity index is 527. The van der Waals surface area contributed by atoms with Crippen molar-refractivity contribution in [1.29, 1.82) is 0 Å². The summed E-state index contributed by atoms with van der Waals surface area (Å²) in [7, 11) is -3.08. The molecular formula is C12H13BrO2S. The third-order valence-electron chi connectivity index (χ3n) is 2.78. The van der Waals surface area contributed by atoms with Gasteiger partial charge in [-0.2, -0.15) is 0 Å². The molecule has 2 rings (SSSR count). The molecule has 4 heteroatoms. The summed E-state index contributed by atoms with van der Waals surface area (Å²) in [5, 5.41) is 0. The van der Waals surface area contributed by atoms with E-state index in [0.717, 1.165) is 18.4 Å². The largest absolute Gasteiger partial charge is 0.224 e. The number of allylic oxidation sites excluding steroid dienone is 2. The van der Waals surface area contributed by atoms with E-state index < -0.39 is 9.84 Å². The fourth-order valence-electron chi connectivity index (χ4n) is 1.91. The minimum Gasteiger partial charge on any atom is -0.224 e. The van der Waals surface area contributed by atoms with E-state index >= 15 is 0 Å². The van der Waals surface area contributed by atoms with Crippen LogP contribution in [0.4, 0.5) is 0 Å². The fourth-order valence-corrected chi connectivity index (χ4v) is 3.25. The second-order valence-corrected chi connectivity index (χ2v) is 7.01. The summed E-state index contributed by atoms with van der Waals surface area (Å²) in [6.07, 6.45) is 4.55. The van der Waals surface area contributed by atoms with Crippen LogP contribution in [-0.4, -0.2) is 14.7 Å². The predicted octanol–water partition coefficient (Wildman–Crippen LogP) is 3.38. The van der Waals surface area contributed by atoms with Crippen LogP contribution in [0, 0.1) is 0 Å². The molecule has 86 valence electrons. The normalized spacial score (nSPS) is 16.9. The van der Waals surface area contributed by atoms with Crippen molar-refractivity contribution in [2.45, 2.75) is 24.2 Å². The molecule has 0 spiro atoms. The zero-order valence-electron chi connectivity index (χ0n) is 9.03. The van der Waals surface area contributed by atoms with Crippen LogP contribution in [0.5, 0.6) is 0 Å². The molecule has 0 heterocycles. The van der Waals surface area contributed by atoms with Gasteiger partial charge in [0.05, 0.1) is 4.90 Å². The maximum Gasteiger partial charge on any atom is 0.175 e. The lowest BCUT2D eigenvalue weighted by Gasteiger charge is -2.04. The highest BCUT2D eigenvalue weighted by Crippen LogP contribution is 2.37. The summed E-state index contributed by atoms with van der Waals surface area (Å²) < 4.78 is 23.9. The molecule has 0 saturated carbocycles. The van der Waals surface area contributed by atoms with E-state index in [4.69, 9.17) is 0 Å². The highest BCUT2D eigenvalue weighted by atomic mass is 79.9. The van der Waals surface area contributed by atoms with E-state index in [9.17, 15) is 8.42 Å². The Morgan fingerprint density at radius 2 is 1.75 bits per heavy atom. The van der Waals surface area contributed by atoms with E-state index in [2.05, 4.69) is 15.9 Å². The average molecular weight is 301 g/mol. The topological polar surface area (TPSA) is 34.1 Å². The molecule has 0 atom stereocenters. The van der Waals surface area contributed by atoms with Crippen LogP contribution in [0.3, 0.4) is 0 Å². The molecule has 0 unspecified atom stereocenters. The second-order valence-electron chi connectivity index (χ2n) is 4.03. The number of benzene rings is 1. The number of hydrogen-bond donors (Lipinski definition) is 0. The van der Waals surface area contributed by atoms with Crippen molar-refractivity contribution in [3.63, 3.8) is 0 Å². The molecule has 0 amide bonds. The molecule has 0 saturated heterocycles. The van der Waals surface area contributed by atoms with Gasteiger partial charge in [-0.25, -0.2) is 8.42 Å². The van der Waals surface area contributed by atoms with Crippen LogP contribution < -0.4 is 0 Å². The third-order valence-corrected chi connectivity index (χ3v) is 4.79. The fraction of sp³-hybridized carbons (Fsp3) is 0.333. The first-order chi connectivity index (χ1) is 7.48. The molecule has 0 bridgehead atoms. The molecule has 2 nitrogen and oxygen atoms in total. The molecule has 0 fully saturated rings. The van der Waals surface area contributed by atoms with Gasteiger partial charge in [-0.1, -0.05) is 28.1 Å². The van der Waals surface area contributed by atoms with Gasteiger partial charge in [0.1, 0.15) is 0 Å². The number of hydrogen-bond acceptors (Lipinski definition) is 2. The number of rotatable bonds is 2. The molecule has 1 aliphatic rings. The van der Waals surface area contributed by atoms with Crippen molar-refractivity contribution < 1.29 is 8.42 Å². The second kappa shape index (κ2) is 4.34. The van der Waals surface area contributed by atoms with E-state index in [1.54, 1.807) is 12.1 Å². The van der Waals surface area contributed by atoms with E-state index in [-0.39, 0.29) is 0 Å². The van der Waals surface area contributed by atoms with Gasteiger partial charge in [0, 0.05) is 6.26 Å². The Hall–Kier alpha value is -0.610. The van der Waals surface area contributed by atoms with Gasteiger partial charge in [0.2, 0.25) is 0 Å². The summed E-state index contributed by atoms with van der Waals surface area (Å²) in [6, 6.07) is 7.13. The third kappa shape index (κ3) is 2.38. The van der Waals surface area contributed by atoms with Crippen molar-refractivity contribution in [2.75, 3.05) is 6.26 Å². The number of halogens is 1. The van der Waals surface area contributed by atoms with Crippen molar-refractivity contribution >= 4 is 31.3 Å². The van der Waals surface area contributed by atoms with Gasteiger partial charge >= 0.3 is 0 Å².